The Balaban J connectivity index is 1.76. The molecule has 0 aromatic heterocycles. The molecule has 0 saturated carbocycles. The summed E-state index contributed by atoms with van der Waals surface area (Å²) in [6, 6.07) is 6.60. The third kappa shape index (κ3) is 4.24. The van der Waals surface area contributed by atoms with Crippen LogP contribution in [0.3, 0.4) is 0 Å². The van der Waals surface area contributed by atoms with Gasteiger partial charge in [0.25, 0.3) is 0 Å². The fraction of sp³-hybridized carbons (Fsp3) is 0.647. The number of benzene rings is 1. The largest absolute Gasteiger partial charge is 0.385 e. The maximum Gasteiger partial charge on any atom is 0.0402 e. The molecule has 1 heterocycles. The van der Waals surface area contributed by atoms with Crippen LogP contribution in [-0.4, -0.2) is 31.1 Å². The summed E-state index contributed by atoms with van der Waals surface area (Å²) in [6.45, 7) is 9.39. The first-order chi connectivity index (χ1) is 9.31. The molecular formula is C17H28N2. The van der Waals surface area contributed by atoms with E-state index in [9.17, 15) is 0 Å². The third-order valence-electron chi connectivity index (χ3n) is 4.14. The molecule has 19 heavy (non-hydrogen) atoms. The maximum absolute atomic E-state index is 3.65. The Morgan fingerprint density at radius 1 is 1.16 bits per heavy atom. The second-order valence-corrected chi connectivity index (χ2v) is 5.65. The number of nitrogens with zero attached hydrogens (tertiary/aromatic N) is 1. The Morgan fingerprint density at radius 3 is 2.68 bits per heavy atom. The van der Waals surface area contributed by atoms with Gasteiger partial charge < -0.3 is 10.2 Å². The molecule has 0 spiro atoms. The lowest BCUT2D eigenvalue weighted by Crippen LogP contribution is -2.31. The van der Waals surface area contributed by atoms with Crippen LogP contribution >= 0.6 is 0 Å². The minimum atomic E-state index is 1.09. The zero-order chi connectivity index (χ0) is 13.5. The van der Waals surface area contributed by atoms with E-state index in [0.29, 0.717) is 0 Å². The van der Waals surface area contributed by atoms with Crippen molar-refractivity contribution >= 4 is 5.69 Å². The summed E-state index contributed by atoms with van der Waals surface area (Å²) in [5, 5.41) is 3.65. The molecule has 1 fully saturated rings. The van der Waals surface area contributed by atoms with Crippen LogP contribution in [0.1, 0.15) is 43.7 Å². The highest BCUT2D eigenvalue weighted by molar-refractivity contribution is 5.57. The topological polar surface area (TPSA) is 15.3 Å². The normalized spacial score (nSPS) is 16.5. The van der Waals surface area contributed by atoms with Crippen LogP contribution in [-0.2, 0) is 6.42 Å². The van der Waals surface area contributed by atoms with Gasteiger partial charge in [0.2, 0.25) is 0 Å². The lowest BCUT2D eigenvalue weighted by molar-refractivity contribution is 0.228. The van der Waals surface area contributed by atoms with Crippen molar-refractivity contribution in [2.75, 3.05) is 31.5 Å². The average molecular weight is 260 g/mol. The number of aryl methyl sites for hydroxylation is 2. The van der Waals surface area contributed by atoms with Gasteiger partial charge in [0.1, 0.15) is 0 Å². The van der Waals surface area contributed by atoms with E-state index in [-0.39, 0.29) is 0 Å². The summed E-state index contributed by atoms with van der Waals surface area (Å²) in [6.07, 6.45) is 6.57. The van der Waals surface area contributed by atoms with Crippen molar-refractivity contribution in [3.05, 3.63) is 29.3 Å². The molecule has 0 unspecified atom stereocenters. The van der Waals surface area contributed by atoms with Gasteiger partial charge in [-0.25, -0.2) is 0 Å². The predicted molar refractivity (Wildman–Crippen MR) is 84.0 cm³/mol. The fourth-order valence-electron chi connectivity index (χ4n) is 2.98. The predicted octanol–water partition coefficient (Wildman–Crippen LogP) is 3.85. The summed E-state index contributed by atoms with van der Waals surface area (Å²) >= 11 is 0. The van der Waals surface area contributed by atoms with Crippen LogP contribution in [0.5, 0.6) is 0 Å². The lowest BCUT2D eigenvalue weighted by atomic mass is 10.1. The maximum atomic E-state index is 3.65. The molecule has 1 aliphatic heterocycles. The standard InChI is InChI=1S/C17H28N2/c1-3-16-10-7-9-15(2)17(16)18-11-8-14-19-12-5-4-6-13-19/h7,9-10,18H,3-6,8,11-14H2,1-2H3. The zero-order valence-electron chi connectivity index (χ0n) is 12.5. The van der Waals surface area contributed by atoms with Gasteiger partial charge in [0, 0.05) is 12.2 Å². The molecule has 2 nitrogen and oxygen atoms in total. The quantitative estimate of drug-likeness (QED) is 0.782. The van der Waals surface area contributed by atoms with Gasteiger partial charge in [-0.3, -0.25) is 0 Å². The van der Waals surface area contributed by atoms with Crippen molar-refractivity contribution in [3.8, 4) is 0 Å². The highest BCUT2D eigenvalue weighted by atomic mass is 15.1. The van der Waals surface area contributed by atoms with Crippen LogP contribution in [0.25, 0.3) is 0 Å². The molecule has 1 aliphatic rings. The van der Waals surface area contributed by atoms with Gasteiger partial charge in [-0.2, -0.15) is 0 Å². The van der Waals surface area contributed by atoms with Crippen LogP contribution in [0, 0.1) is 6.92 Å². The summed E-state index contributed by atoms with van der Waals surface area (Å²) in [4.78, 5) is 2.61. The average Bonchev–Trinajstić information content (AvgIpc) is 2.46. The van der Waals surface area contributed by atoms with Gasteiger partial charge in [-0.05, 0) is 63.4 Å². The molecular weight excluding hydrogens is 232 g/mol. The van der Waals surface area contributed by atoms with E-state index >= 15 is 0 Å². The molecule has 106 valence electrons. The highest BCUT2D eigenvalue weighted by Gasteiger charge is 2.09. The van der Waals surface area contributed by atoms with Crippen molar-refractivity contribution in [1.82, 2.24) is 4.90 Å². The molecule has 0 bridgehead atoms. The van der Waals surface area contributed by atoms with Gasteiger partial charge >= 0.3 is 0 Å². The van der Waals surface area contributed by atoms with Crippen molar-refractivity contribution < 1.29 is 0 Å². The highest BCUT2D eigenvalue weighted by Crippen LogP contribution is 2.21. The van der Waals surface area contributed by atoms with Crippen molar-refractivity contribution in [2.24, 2.45) is 0 Å². The van der Waals surface area contributed by atoms with Crippen molar-refractivity contribution in [2.45, 2.75) is 46.0 Å². The number of likely N-dealkylation sites (tertiary alicyclic amines) is 1. The van der Waals surface area contributed by atoms with Crippen LogP contribution in [0.2, 0.25) is 0 Å². The minimum absolute atomic E-state index is 1.09. The van der Waals surface area contributed by atoms with E-state index < -0.39 is 0 Å². The Morgan fingerprint density at radius 2 is 1.95 bits per heavy atom. The molecule has 1 N–H and O–H groups in total. The lowest BCUT2D eigenvalue weighted by Gasteiger charge is -2.26. The molecule has 0 amide bonds. The van der Waals surface area contributed by atoms with Crippen LogP contribution in [0.15, 0.2) is 18.2 Å². The Labute approximate surface area is 118 Å². The minimum Gasteiger partial charge on any atom is -0.385 e. The number of hydrogen-bond acceptors (Lipinski definition) is 2. The molecule has 1 saturated heterocycles. The summed E-state index contributed by atoms with van der Waals surface area (Å²) in [5.41, 5.74) is 4.18. The molecule has 1 aromatic rings. The molecule has 2 heteroatoms. The van der Waals surface area contributed by atoms with E-state index in [1.165, 1.54) is 62.1 Å². The fourth-order valence-corrected chi connectivity index (χ4v) is 2.98. The number of hydrogen-bond donors (Lipinski definition) is 1. The smallest absolute Gasteiger partial charge is 0.0402 e. The van der Waals surface area contributed by atoms with E-state index in [1.807, 2.05) is 0 Å². The van der Waals surface area contributed by atoms with E-state index in [2.05, 4.69) is 42.3 Å². The Hall–Kier alpha value is -1.02. The van der Waals surface area contributed by atoms with Crippen molar-refractivity contribution in [1.29, 1.82) is 0 Å². The third-order valence-corrected chi connectivity index (χ3v) is 4.14. The van der Waals surface area contributed by atoms with Crippen LogP contribution < -0.4 is 5.32 Å². The molecule has 0 atom stereocenters. The second kappa shape index (κ2) is 7.54. The Bertz CT molecular complexity index is 381. The van der Waals surface area contributed by atoms with E-state index in [1.54, 1.807) is 0 Å². The first-order valence-corrected chi connectivity index (χ1v) is 7.86. The first-order valence-electron chi connectivity index (χ1n) is 7.86. The summed E-state index contributed by atoms with van der Waals surface area (Å²) in [5.74, 6) is 0. The number of para-hydroxylation sites is 1. The van der Waals surface area contributed by atoms with E-state index in [0.717, 1.165) is 13.0 Å². The van der Waals surface area contributed by atoms with Gasteiger partial charge in [-0.15, -0.1) is 0 Å². The SMILES string of the molecule is CCc1cccc(C)c1NCCCN1CCCCC1. The Kier molecular flexibility index (Phi) is 5.71. The number of nitrogens with one attached hydrogen (secondary N) is 1. The first kappa shape index (κ1) is 14.4. The van der Waals surface area contributed by atoms with Crippen LogP contribution in [0.4, 0.5) is 5.69 Å². The second-order valence-electron chi connectivity index (χ2n) is 5.65. The number of piperidine rings is 1. The molecule has 0 aliphatic carbocycles. The van der Waals surface area contributed by atoms with Gasteiger partial charge in [-0.1, -0.05) is 31.5 Å². The number of rotatable bonds is 6. The monoisotopic (exact) mass is 260 g/mol. The van der Waals surface area contributed by atoms with Crippen molar-refractivity contribution in [3.63, 3.8) is 0 Å². The summed E-state index contributed by atoms with van der Waals surface area (Å²) in [7, 11) is 0. The number of anilines is 1. The molecule has 2 rings (SSSR count). The van der Waals surface area contributed by atoms with E-state index in [4.69, 9.17) is 0 Å². The molecule has 1 aromatic carbocycles. The van der Waals surface area contributed by atoms with Gasteiger partial charge in [0.15, 0.2) is 0 Å². The van der Waals surface area contributed by atoms with Gasteiger partial charge in [0.05, 0.1) is 0 Å². The zero-order valence-corrected chi connectivity index (χ0v) is 12.5. The summed E-state index contributed by atoms with van der Waals surface area (Å²) < 4.78 is 0. The molecule has 0 radical (unpaired) electrons.